The number of nitrogens with one attached hydrogen (secondary N) is 1. The second-order valence-corrected chi connectivity index (χ2v) is 4.51. The molecule has 2 amide bonds. The summed E-state index contributed by atoms with van der Waals surface area (Å²) in [6, 6.07) is 5.20. The molecule has 1 heterocycles. The van der Waals surface area contributed by atoms with E-state index in [4.69, 9.17) is 5.73 Å². The molecule has 0 radical (unpaired) electrons. The van der Waals surface area contributed by atoms with Crippen molar-refractivity contribution in [2.24, 2.45) is 0 Å². The Bertz CT molecular complexity index is 499. The molecule has 1 fully saturated rings. The summed E-state index contributed by atoms with van der Waals surface area (Å²) >= 11 is 0. The van der Waals surface area contributed by atoms with Crippen LogP contribution in [-0.4, -0.2) is 24.4 Å². The van der Waals surface area contributed by atoms with E-state index in [0.717, 1.165) is 11.3 Å². The van der Waals surface area contributed by atoms with Gasteiger partial charge in [-0.1, -0.05) is 13.0 Å². The molecule has 18 heavy (non-hydrogen) atoms. The highest BCUT2D eigenvalue weighted by Gasteiger charge is 2.33. The third-order valence-corrected chi connectivity index (χ3v) is 3.18. The molecule has 96 valence electrons. The number of nitrogen functional groups attached to an aromatic ring is 1. The summed E-state index contributed by atoms with van der Waals surface area (Å²) in [5, 5.41) is 2.36. The number of benzene rings is 1. The van der Waals surface area contributed by atoms with E-state index in [1.807, 2.05) is 36.9 Å². The molecular formula is C13H17N3O2. The normalized spacial score (nSPS) is 19.9. The van der Waals surface area contributed by atoms with Gasteiger partial charge in [-0.25, -0.2) is 0 Å². The van der Waals surface area contributed by atoms with Crippen LogP contribution in [0.25, 0.3) is 0 Å². The average Bonchev–Trinajstić information content (AvgIpc) is 2.31. The maximum absolute atomic E-state index is 11.8. The van der Waals surface area contributed by atoms with Crippen LogP contribution in [0.5, 0.6) is 0 Å². The van der Waals surface area contributed by atoms with E-state index in [-0.39, 0.29) is 24.4 Å². The van der Waals surface area contributed by atoms with Crippen molar-refractivity contribution in [3.63, 3.8) is 0 Å². The number of imide groups is 1. The Morgan fingerprint density at radius 1 is 1.44 bits per heavy atom. The molecule has 1 aromatic rings. The van der Waals surface area contributed by atoms with Gasteiger partial charge < -0.3 is 10.6 Å². The number of amides is 2. The number of nitrogens with two attached hydrogens (primary N) is 1. The van der Waals surface area contributed by atoms with Gasteiger partial charge in [0, 0.05) is 11.4 Å². The van der Waals surface area contributed by atoms with E-state index in [2.05, 4.69) is 5.32 Å². The lowest BCUT2D eigenvalue weighted by Crippen LogP contribution is -2.58. The quantitative estimate of drug-likeness (QED) is 0.599. The van der Waals surface area contributed by atoms with Gasteiger partial charge >= 0.3 is 0 Å². The van der Waals surface area contributed by atoms with Crippen molar-refractivity contribution in [2.45, 2.75) is 26.3 Å². The van der Waals surface area contributed by atoms with Crippen LogP contribution in [0.2, 0.25) is 0 Å². The van der Waals surface area contributed by atoms with Crippen molar-refractivity contribution in [2.75, 3.05) is 17.2 Å². The molecule has 1 aliphatic heterocycles. The van der Waals surface area contributed by atoms with E-state index < -0.39 is 0 Å². The molecule has 1 aromatic carbocycles. The lowest BCUT2D eigenvalue weighted by molar-refractivity contribution is -0.132. The zero-order valence-corrected chi connectivity index (χ0v) is 10.6. The molecule has 5 nitrogen and oxygen atoms in total. The average molecular weight is 247 g/mol. The number of hydrogen-bond donors (Lipinski definition) is 2. The minimum Gasteiger partial charge on any atom is -0.399 e. The van der Waals surface area contributed by atoms with E-state index in [9.17, 15) is 9.59 Å². The first-order valence-electron chi connectivity index (χ1n) is 5.99. The van der Waals surface area contributed by atoms with Crippen LogP contribution in [0.1, 0.15) is 18.9 Å². The molecule has 1 unspecified atom stereocenters. The fourth-order valence-electron chi connectivity index (χ4n) is 2.26. The van der Waals surface area contributed by atoms with Crippen LogP contribution in [0.4, 0.5) is 11.4 Å². The molecule has 5 heteroatoms. The number of piperazine rings is 1. The summed E-state index contributed by atoms with van der Waals surface area (Å²) in [7, 11) is 0. The highest BCUT2D eigenvalue weighted by Crippen LogP contribution is 2.26. The lowest BCUT2D eigenvalue weighted by atomic mass is 10.1. The van der Waals surface area contributed by atoms with Gasteiger partial charge in [0.1, 0.15) is 6.04 Å². The van der Waals surface area contributed by atoms with Crippen molar-refractivity contribution >= 4 is 23.2 Å². The summed E-state index contributed by atoms with van der Waals surface area (Å²) in [6.07, 6.45) is 0.646. The SMILES string of the molecule is CCC1C(=O)NC(=O)CN1c1cc(N)ccc1C. The Morgan fingerprint density at radius 3 is 2.83 bits per heavy atom. The molecule has 1 atom stereocenters. The summed E-state index contributed by atoms with van der Waals surface area (Å²) in [5.74, 6) is -0.512. The van der Waals surface area contributed by atoms with Crippen LogP contribution >= 0.6 is 0 Å². The fourth-order valence-corrected chi connectivity index (χ4v) is 2.26. The van der Waals surface area contributed by atoms with Crippen LogP contribution in [0, 0.1) is 6.92 Å². The second-order valence-electron chi connectivity index (χ2n) is 4.51. The topological polar surface area (TPSA) is 75.4 Å². The Labute approximate surface area is 106 Å². The van der Waals surface area contributed by atoms with E-state index in [1.54, 1.807) is 0 Å². The third kappa shape index (κ3) is 2.16. The standard InChI is InChI=1S/C13H17N3O2/c1-3-10-13(18)15-12(17)7-16(10)11-6-9(14)5-4-8(11)2/h4-6,10H,3,7,14H2,1-2H3,(H,15,17,18). The molecule has 0 bridgehead atoms. The van der Waals surface area contributed by atoms with Crippen molar-refractivity contribution in [1.82, 2.24) is 5.32 Å². The number of nitrogens with zero attached hydrogens (tertiary/aromatic N) is 1. The van der Waals surface area contributed by atoms with Gasteiger partial charge in [-0.2, -0.15) is 0 Å². The molecular weight excluding hydrogens is 230 g/mol. The van der Waals surface area contributed by atoms with Gasteiger partial charge in [-0.15, -0.1) is 0 Å². The number of hydrogen-bond acceptors (Lipinski definition) is 4. The molecule has 0 aliphatic carbocycles. The van der Waals surface area contributed by atoms with Crippen molar-refractivity contribution in [3.05, 3.63) is 23.8 Å². The second kappa shape index (κ2) is 4.68. The summed E-state index contributed by atoms with van der Waals surface area (Å²) in [5.41, 5.74) is 8.26. The maximum Gasteiger partial charge on any atom is 0.249 e. The van der Waals surface area contributed by atoms with E-state index >= 15 is 0 Å². The van der Waals surface area contributed by atoms with Gasteiger partial charge in [-0.05, 0) is 31.0 Å². The van der Waals surface area contributed by atoms with Crippen LogP contribution < -0.4 is 16.0 Å². The molecule has 0 aromatic heterocycles. The Morgan fingerprint density at radius 2 is 2.17 bits per heavy atom. The Balaban J connectivity index is 2.42. The highest BCUT2D eigenvalue weighted by atomic mass is 16.2. The zero-order chi connectivity index (χ0) is 13.3. The molecule has 1 aliphatic rings. The molecule has 0 saturated carbocycles. The predicted octanol–water partition coefficient (Wildman–Crippen LogP) is 0.819. The van der Waals surface area contributed by atoms with Gasteiger partial charge in [-0.3, -0.25) is 14.9 Å². The molecule has 2 rings (SSSR count). The minimum atomic E-state index is -0.316. The van der Waals surface area contributed by atoms with Gasteiger partial charge in [0.05, 0.1) is 6.54 Å². The Kier molecular flexibility index (Phi) is 3.23. The van der Waals surface area contributed by atoms with Crippen molar-refractivity contribution < 1.29 is 9.59 Å². The largest absolute Gasteiger partial charge is 0.399 e. The minimum absolute atomic E-state index is 0.189. The molecule has 3 N–H and O–H groups in total. The number of rotatable bonds is 2. The Hall–Kier alpha value is -2.04. The summed E-state index contributed by atoms with van der Waals surface area (Å²) in [6.45, 7) is 4.06. The number of carbonyl (C=O) groups excluding carboxylic acids is 2. The number of anilines is 2. The first kappa shape index (κ1) is 12.4. The highest BCUT2D eigenvalue weighted by molar-refractivity contribution is 6.04. The van der Waals surface area contributed by atoms with E-state index in [1.165, 1.54) is 0 Å². The van der Waals surface area contributed by atoms with Gasteiger partial charge in [0.15, 0.2) is 0 Å². The fraction of sp³-hybridized carbons (Fsp3) is 0.385. The first-order chi connectivity index (χ1) is 8.52. The maximum atomic E-state index is 11.8. The van der Waals surface area contributed by atoms with Crippen LogP contribution in [0.3, 0.4) is 0 Å². The van der Waals surface area contributed by atoms with Crippen LogP contribution in [-0.2, 0) is 9.59 Å². The first-order valence-corrected chi connectivity index (χ1v) is 5.99. The monoisotopic (exact) mass is 247 g/mol. The number of aryl methyl sites for hydroxylation is 1. The van der Waals surface area contributed by atoms with Gasteiger partial charge in [0.25, 0.3) is 0 Å². The van der Waals surface area contributed by atoms with Crippen LogP contribution in [0.15, 0.2) is 18.2 Å². The van der Waals surface area contributed by atoms with Gasteiger partial charge in [0.2, 0.25) is 11.8 Å². The van der Waals surface area contributed by atoms with Crippen molar-refractivity contribution in [3.8, 4) is 0 Å². The number of carbonyl (C=O) groups is 2. The lowest BCUT2D eigenvalue weighted by Gasteiger charge is -2.36. The van der Waals surface area contributed by atoms with Crippen molar-refractivity contribution in [1.29, 1.82) is 0 Å². The summed E-state index contributed by atoms with van der Waals surface area (Å²) < 4.78 is 0. The summed E-state index contributed by atoms with van der Waals surface area (Å²) in [4.78, 5) is 25.1. The zero-order valence-electron chi connectivity index (χ0n) is 10.6. The smallest absolute Gasteiger partial charge is 0.249 e. The predicted molar refractivity (Wildman–Crippen MR) is 70.2 cm³/mol. The molecule has 0 spiro atoms. The third-order valence-electron chi connectivity index (χ3n) is 3.18. The molecule has 1 saturated heterocycles. The van der Waals surface area contributed by atoms with E-state index in [0.29, 0.717) is 12.1 Å².